The first-order valence-electron chi connectivity index (χ1n) is 5.87. The van der Waals surface area contributed by atoms with Crippen LogP contribution in [0.25, 0.3) is 0 Å². The largest absolute Gasteiger partial charge is 0.308 e. The second kappa shape index (κ2) is 5.56. The van der Waals surface area contributed by atoms with Crippen molar-refractivity contribution in [2.45, 2.75) is 58.0 Å². The van der Waals surface area contributed by atoms with Crippen molar-refractivity contribution in [1.82, 2.24) is 15.5 Å². The summed E-state index contributed by atoms with van der Waals surface area (Å²) in [5, 5.41) is 13.9. The number of rotatable bonds is 3. The molecular weight excluding hydrogens is 206 g/mol. The highest BCUT2D eigenvalue weighted by Gasteiger charge is 2.12. The maximum atomic E-state index is 4.13. The fraction of sp³-hybridized carbons (Fsp3) is 0.818. The summed E-state index contributed by atoms with van der Waals surface area (Å²) in [6.45, 7) is 2.91. The van der Waals surface area contributed by atoms with E-state index >= 15 is 0 Å². The van der Waals surface area contributed by atoms with Crippen molar-refractivity contribution in [3.8, 4) is 0 Å². The Morgan fingerprint density at radius 2 is 1.93 bits per heavy atom. The Hall–Kier alpha value is -0.480. The molecule has 4 heteroatoms. The quantitative estimate of drug-likeness (QED) is 0.804. The van der Waals surface area contributed by atoms with Crippen LogP contribution in [0.5, 0.6) is 0 Å². The molecule has 2 rings (SSSR count). The molecule has 0 saturated heterocycles. The third kappa shape index (κ3) is 3.54. The summed E-state index contributed by atoms with van der Waals surface area (Å²) in [7, 11) is 0. The van der Waals surface area contributed by atoms with Gasteiger partial charge >= 0.3 is 0 Å². The predicted octanol–water partition coefficient (Wildman–Crippen LogP) is 2.66. The second-order valence-electron chi connectivity index (χ2n) is 4.28. The molecule has 0 bridgehead atoms. The lowest BCUT2D eigenvalue weighted by atomic mass is 10.1. The summed E-state index contributed by atoms with van der Waals surface area (Å²) in [6.07, 6.45) is 8.25. The summed E-state index contributed by atoms with van der Waals surface area (Å²) in [5.74, 6) is 0. The molecule has 1 N–H and O–H groups in total. The highest BCUT2D eigenvalue weighted by atomic mass is 32.1. The van der Waals surface area contributed by atoms with Crippen molar-refractivity contribution < 1.29 is 0 Å². The molecule has 1 aliphatic carbocycles. The van der Waals surface area contributed by atoms with Crippen molar-refractivity contribution in [2.24, 2.45) is 0 Å². The molecule has 0 aliphatic heterocycles. The Labute approximate surface area is 95.3 Å². The normalized spacial score (nSPS) is 19.0. The zero-order valence-corrected chi connectivity index (χ0v) is 10.1. The Morgan fingerprint density at radius 3 is 2.53 bits per heavy atom. The van der Waals surface area contributed by atoms with E-state index in [9.17, 15) is 0 Å². The molecule has 0 aromatic carbocycles. The molecular formula is C11H19N3S. The molecule has 1 aromatic rings. The molecule has 1 aliphatic rings. The zero-order valence-electron chi connectivity index (χ0n) is 9.33. The van der Waals surface area contributed by atoms with Crippen molar-refractivity contribution in [1.29, 1.82) is 0 Å². The standard InChI is InChI=1S/C11H19N3S/c1-9-13-14-11(15-9)8-12-10-6-4-2-3-5-7-10/h10,12H,2-8H2,1H3. The molecule has 0 spiro atoms. The molecule has 3 nitrogen and oxygen atoms in total. The van der Waals surface area contributed by atoms with Crippen molar-refractivity contribution in [3.63, 3.8) is 0 Å². The summed E-state index contributed by atoms with van der Waals surface area (Å²) in [4.78, 5) is 0. The molecule has 1 fully saturated rings. The summed E-state index contributed by atoms with van der Waals surface area (Å²) in [5.41, 5.74) is 0. The van der Waals surface area contributed by atoms with Crippen molar-refractivity contribution in [3.05, 3.63) is 10.0 Å². The molecule has 1 saturated carbocycles. The second-order valence-corrected chi connectivity index (χ2v) is 5.55. The van der Waals surface area contributed by atoms with Gasteiger partial charge in [-0.15, -0.1) is 21.5 Å². The van der Waals surface area contributed by atoms with Crippen LogP contribution in [0, 0.1) is 6.92 Å². The number of hydrogen-bond donors (Lipinski definition) is 1. The highest BCUT2D eigenvalue weighted by Crippen LogP contribution is 2.18. The molecule has 0 amide bonds. The van der Waals surface area contributed by atoms with Crippen LogP contribution in [0.1, 0.15) is 48.5 Å². The molecule has 0 unspecified atom stereocenters. The van der Waals surface area contributed by atoms with E-state index in [-0.39, 0.29) is 0 Å². The minimum atomic E-state index is 0.705. The van der Waals surface area contributed by atoms with Crippen LogP contribution in [0.15, 0.2) is 0 Å². The minimum absolute atomic E-state index is 0.705. The van der Waals surface area contributed by atoms with Gasteiger partial charge in [0.1, 0.15) is 10.0 Å². The first-order chi connectivity index (χ1) is 7.34. The first kappa shape index (κ1) is 11.0. The van der Waals surface area contributed by atoms with E-state index in [1.165, 1.54) is 38.5 Å². The average Bonchev–Trinajstić information content (AvgIpc) is 2.52. The molecule has 84 valence electrons. The zero-order chi connectivity index (χ0) is 10.5. The fourth-order valence-corrected chi connectivity index (χ4v) is 2.78. The van der Waals surface area contributed by atoms with Crippen LogP contribution in [0.3, 0.4) is 0 Å². The van der Waals surface area contributed by atoms with Crippen LogP contribution in [-0.4, -0.2) is 16.2 Å². The van der Waals surface area contributed by atoms with E-state index < -0.39 is 0 Å². The van der Waals surface area contributed by atoms with Crippen LogP contribution in [0.4, 0.5) is 0 Å². The Balaban J connectivity index is 1.76. The molecule has 1 heterocycles. The van der Waals surface area contributed by atoms with Gasteiger partial charge in [0.15, 0.2) is 0 Å². The Bertz CT molecular complexity index is 290. The third-order valence-electron chi connectivity index (χ3n) is 2.97. The predicted molar refractivity (Wildman–Crippen MR) is 63.0 cm³/mol. The van der Waals surface area contributed by atoms with Crippen LogP contribution < -0.4 is 5.32 Å². The van der Waals surface area contributed by atoms with E-state index in [2.05, 4.69) is 15.5 Å². The fourth-order valence-electron chi connectivity index (χ4n) is 2.12. The van der Waals surface area contributed by atoms with E-state index in [4.69, 9.17) is 0 Å². The van der Waals surface area contributed by atoms with Gasteiger partial charge in [0, 0.05) is 12.6 Å². The maximum Gasteiger partial charge on any atom is 0.131 e. The van der Waals surface area contributed by atoms with Gasteiger partial charge in [-0.25, -0.2) is 0 Å². The van der Waals surface area contributed by atoms with Gasteiger partial charge in [-0.1, -0.05) is 25.7 Å². The van der Waals surface area contributed by atoms with Gasteiger partial charge in [0.25, 0.3) is 0 Å². The number of hydrogen-bond acceptors (Lipinski definition) is 4. The summed E-state index contributed by atoms with van der Waals surface area (Å²) < 4.78 is 0. The Morgan fingerprint density at radius 1 is 1.20 bits per heavy atom. The van der Waals surface area contributed by atoms with E-state index in [0.717, 1.165) is 16.6 Å². The summed E-state index contributed by atoms with van der Waals surface area (Å²) in [6, 6.07) is 0.705. The van der Waals surface area contributed by atoms with Crippen LogP contribution in [-0.2, 0) is 6.54 Å². The summed E-state index contributed by atoms with van der Waals surface area (Å²) >= 11 is 1.70. The average molecular weight is 225 g/mol. The first-order valence-corrected chi connectivity index (χ1v) is 6.68. The maximum absolute atomic E-state index is 4.13. The number of nitrogens with zero attached hydrogens (tertiary/aromatic N) is 2. The van der Waals surface area contributed by atoms with Crippen LogP contribution >= 0.6 is 11.3 Å². The van der Waals surface area contributed by atoms with Gasteiger partial charge in [-0.2, -0.15) is 0 Å². The van der Waals surface area contributed by atoms with E-state index in [1.54, 1.807) is 11.3 Å². The minimum Gasteiger partial charge on any atom is -0.308 e. The van der Waals surface area contributed by atoms with Gasteiger partial charge in [0.05, 0.1) is 0 Å². The van der Waals surface area contributed by atoms with E-state index in [1.807, 2.05) is 6.92 Å². The monoisotopic (exact) mass is 225 g/mol. The highest BCUT2D eigenvalue weighted by molar-refractivity contribution is 7.11. The van der Waals surface area contributed by atoms with Gasteiger partial charge in [-0.3, -0.25) is 0 Å². The molecule has 15 heavy (non-hydrogen) atoms. The van der Waals surface area contributed by atoms with Gasteiger partial charge in [0.2, 0.25) is 0 Å². The number of aromatic nitrogens is 2. The smallest absolute Gasteiger partial charge is 0.131 e. The molecule has 0 radical (unpaired) electrons. The lowest BCUT2D eigenvalue weighted by molar-refractivity contribution is 0.458. The van der Waals surface area contributed by atoms with Gasteiger partial charge < -0.3 is 5.32 Å². The SMILES string of the molecule is Cc1nnc(CNC2CCCCCC2)s1. The van der Waals surface area contributed by atoms with Crippen LogP contribution in [0.2, 0.25) is 0 Å². The number of nitrogens with one attached hydrogen (secondary N) is 1. The Kier molecular flexibility index (Phi) is 4.09. The topological polar surface area (TPSA) is 37.8 Å². The van der Waals surface area contributed by atoms with E-state index in [0.29, 0.717) is 6.04 Å². The molecule has 0 atom stereocenters. The van der Waals surface area contributed by atoms with Gasteiger partial charge in [-0.05, 0) is 19.8 Å². The van der Waals surface area contributed by atoms with Crippen molar-refractivity contribution in [2.75, 3.05) is 0 Å². The van der Waals surface area contributed by atoms with Crippen molar-refractivity contribution >= 4 is 11.3 Å². The lowest BCUT2D eigenvalue weighted by Crippen LogP contribution is -2.27. The lowest BCUT2D eigenvalue weighted by Gasteiger charge is -2.14. The number of aryl methyl sites for hydroxylation is 1. The molecule has 1 aromatic heterocycles. The third-order valence-corrected chi connectivity index (χ3v) is 3.80.